The molecular weight excluding hydrogens is 366 g/mol. The Balaban J connectivity index is 1.59. The molecule has 11 heteroatoms. The topological polar surface area (TPSA) is 110 Å². The summed E-state index contributed by atoms with van der Waals surface area (Å²) in [6.07, 6.45) is 2.52. The van der Waals surface area contributed by atoms with Crippen LogP contribution in [-0.2, 0) is 16.6 Å². The second kappa shape index (κ2) is 7.18. The van der Waals surface area contributed by atoms with Gasteiger partial charge in [-0.3, -0.25) is 4.79 Å². The molecule has 0 aromatic carbocycles. The summed E-state index contributed by atoms with van der Waals surface area (Å²) in [5.74, 6) is 0.779. The lowest BCUT2D eigenvalue weighted by molar-refractivity contribution is 0.0764. The van der Waals surface area contributed by atoms with E-state index in [1.54, 1.807) is 17.9 Å². The van der Waals surface area contributed by atoms with Crippen molar-refractivity contribution in [2.75, 3.05) is 26.4 Å². The first-order chi connectivity index (χ1) is 11.8. The smallest absolute Gasteiger partial charge is 0.273 e. The van der Waals surface area contributed by atoms with Gasteiger partial charge in [-0.05, 0) is 12.8 Å². The summed E-state index contributed by atoms with van der Waals surface area (Å²) in [7, 11) is -1.50. The number of carbonyl (C=O) groups excluding carboxylic acids is 1. The fourth-order valence-electron chi connectivity index (χ4n) is 2.73. The van der Waals surface area contributed by atoms with Crippen molar-refractivity contribution >= 4 is 27.3 Å². The molecular formula is C14H19N5O4S2. The highest BCUT2D eigenvalue weighted by Crippen LogP contribution is 2.27. The summed E-state index contributed by atoms with van der Waals surface area (Å²) in [5, 5.41) is 5.68. The van der Waals surface area contributed by atoms with Gasteiger partial charge in [0, 0.05) is 31.4 Å². The predicted molar refractivity (Wildman–Crippen MR) is 90.6 cm³/mol. The average Bonchev–Trinajstić information content (AvgIpc) is 3.25. The van der Waals surface area contributed by atoms with Gasteiger partial charge in [0.05, 0.1) is 11.8 Å². The van der Waals surface area contributed by atoms with Gasteiger partial charge < -0.3 is 9.42 Å². The molecule has 0 N–H and O–H groups in total. The molecule has 0 saturated carbocycles. The van der Waals surface area contributed by atoms with E-state index >= 15 is 0 Å². The van der Waals surface area contributed by atoms with E-state index in [2.05, 4.69) is 15.1 Å². The number of piperidine rings is 1. The maximum Gasteiger partial charge on any atom is 0.273 e. The molecule has 0 spiro atoms. The molecule has 2 aromatic heterocycles. The number of carbonyl (C=O) groups is 1. The van der Waals surface area contributed by atoms with Crippen LogP contribution < -0.4 is 0 Å². The van der Waals surface area contributed by atoms with Crippen LogP contribution in [0.2, 0.25) is 0 Å². The van der Waals surface area contributed by atoms with E-state index in [-0.39, 0.29) is 18.4 Å². The first-order valence-electron chi connectivity index (χ1n) is 7.76. The molecule has 0 radical (unpaired) electrons. The first-order valence-corrected chi connectivity index (χ1v) is 10.5. The molecule has 25 heavy (non-hydrogen) atoms. The Morgan fingerprint density at radius 1 is 1.44 bits per heavy atom. The van der Waals surface area contributed by atoms with Crippen molar-refractivity contribution in [2.45, 2.75) is 25.3 Å². The van der Waals surface area contributed by atoms with Gasteiger partial charge in [0.2, 0.25) is 15.9 Å². The molecule has 9 nitrogen and oxygen atoms in total. The van der Waals surface area contributed by atoms with Gasteiger partial charge in [0.1, 0.15) is 12.2 Å². The number of aromatic nitrogens is 3. The third kappa shape index (κ3) is 4.22. The van der Waals surface area contributed by atoms with E-state index in [4.69, 9.17) is 4.52 Å². The minimum atomic E-state index is -3.15. The Bertz CT molecular complexity index is 825. The van der Waals surface area contributed by atoms with Gasteiger partial charge >= 0.3 is 0 Å². The van der Waals surface area contributed by atoms with Crippen LogP contribution in [0.3, 0.4) is 0 Å². The molecule has 1 fully saturated rings. The zero-order valence-electron chi connectivity index (χ0n) is 14.0. The van der Waals surface area contributed by atoms with Crippen molar-refractivity contribution in [3.63, 3.8) is 0 Å². The van der Waals surface area contributed by atoms with Gasteiger partial charge in [-0.1, -0.05) is 5.16 Å². The number of hydrogen-bond donors (Lipinski definition) is 0. The maximum atomic E-state index is 12.2. The van der Waals surface area contributed by atoms with Gasteiger partial charge in [0.15, 0.2) is 5.82 Å². The molecule has 0 aliphatic carbocycles. The molecule has 3 heterocycles. The Hall–Kier alpha value is -1.85. The second-order valence-electron chi connectivity index (χ2n) is 6.02. The normalized spacial score (nSPS) is 16.9. The fraction of sp³-hybridized carbons (Fsp3) is 0.571. The van der Waals surface area contributed by atoms with Crippen molar-refractivity contribution in [3.05, 3.63) is 28.3 Å². The predicted octanol–water partition coefficient (Wildman–Crippen LogP) is 0.937. The number of rotatable bonds is 5. The molecule has 1 saturated heterocycles. The van der Waals surface area contributed by atoms with E-state index in [0.29, 0.717) is 43.3 Å². The van der Waals surface area contributed by atoms with E-state index in [0.717, 1.165) is 0 Å². The van der Waals surface area contributed by atoms with Crippen LogP contribution in [0.25, 0.3) is 0 Å². The third-order valence-corrected chi connectivity index (χ3v) is 6.03. The Morgan fingerprint density at radius 2 is 2.16 bits per heavy atom. The van der Waals surface area contributed by atoms with Crippen LogP contribution >= 0.6 is 11.3 Å². The van der Waals surface area contributed by atoms with E-state index in [1.807, 2.05) is 0 Å². The highest BCUT2D eigenvalue weighted by atomic mass is 32.2. The van der Waals surface area contributed by atoms with Crippen molar-refractivity contribution in [3.8, 4) is 0 Å². The van der Waals surface area contributed by atoms with Crippen molar-refractivity contribution in [2.24, 2.45) is 0 Å². The van der Waals surface area contributed by atoms with Crippen LogP contribution in [0.4, 0.5) is 0 Å². The zero-order valence-corrected chi connectivity index (χ0v) is 15.6. The maximum absolute atomic E-state index is 12.2. The van der Waals surface area contributed by atoms with Crippen molar-refractivity contribution < 1.29 is 17.7 Å². The molecule has 0 bridgehead atoms. The van der Waals surface area contributed by atoms with Crippen LogP contribution in [0.15, 0.2) is 15.4 Å². The lowest BCUT2D eigenvalue weighted by Crippen LogP contribution is -2.37. The Labute approximate surface area is 149 Å². The number of thiazole rings is 1. The molecule has 2 aromatic rings. The SMILES string of the molecule is CN(Cc1nc(C2CCN(S(C)(=O)=O)CC2)no1)C(=O)c1cscn1. The van der Waals surface area contributed by atoms with Gasteiger partial charge in [-0.15, -0.1) is 11.3 Å². The summed E-state index contributed by atoms with van der Waals surface area (Å²) >= 11 is 1.36. The van der Waals surface area contributed by atoms with Crippen LogP contribution in [0, 0.1) is 0 Å². The lowest BCUT2D eigenvalue weighted by Gasteiger charge is -2.28. The molecule has 0 unspecified atom stereocenters. The molecule has 1 aliphatic heterocycles. The second-order valence-corrected chi connectivity index (χ2v) is 8.72. The summed E-state index contributed by atoms with van der Waals surface area (Å²) in [4.78, 5) is 22.0. The molecule has 136 valence electrons. The highest BCUT2D eigenvalue weighted by Gasteiger charge is 2.28. The number of amides is 1. The standard InChI is InChI=1S/C14H19N5O4S2/c1-18(14(20)11-8-24-9-15-11)7-12-16-13(17-23-12)10-3-5-19(6-4-10)25(2,21)22/h8-10H,3-7H2,1-2H3. The van der Waals surface area contributed by atoms with E-state index in [1.165, 1.54) is 26.8 Å². The van der Waals surface area contributed by atoms with Crippen LogP contribution in [0.5, 0.6) is 0 Å². The third-order valence-electron chi connectivity index (χ3n) is 4.14. The van der Waals surface area contributed by atoms with Crippen LogP contribution in [0.1, 0.15) is 41.0 Å². The lowest BCUT2D eigenvalue weighted by atomic mass is 9.98. The molecule has 3 rings (SSSR count). The summed E-state index contributed by atoms with van der Waals surface area (Å²) in [5.41, 5.74) is 2.00. The summed E-state index contributed by atoms with van der Waals surface area (Å²) in [6, 6.07) is 0. The quantitative estimate of drug-likeness (QED) is 0.753. The monoisotopic (exact) mass is 385 g/mol. The van der Waals surface area contributed by atoms with E-state index < -0.39 is 10.0 Å². The number of hydrogen-bond acceptors (Lipinski definition) is 8. The van der Waals surface area contributed by atoms with Crippen LogP contribution in [-0.4, -0.2) is 65.0 Å². The Kier molecular flexibility index (Phi) is 5.16. The fourth-order valence-corrected chi connectivity index (χ4v) is 4.13. The van der Waals surface area contributed by atoms with E-state index in [9.17, 15) is 13.2 Å². The van der Waals surface area contributed by atoms with Gasteiger partial charge in [-0.2, -0.15) is 4.98 Å². The van der Waals surface area contributed by atoms with Crippen molar-refractivity contribution in [1.82, 2.24) is 24.3 Å². The Morgan fingerprint density at radius 3 is 2.76 bits per heavy atom. The van der Waals surface area contributed by atoms with Gasteiger partial charge in [0.25, 0.3) is 5.91 Å². The zero-order chi connectivity index (χ0) is 18.0. The largest absolute Gasteiger partial charge is 0.337 e. The summed E-state index contributed by atoms with van der Waals surface area (Å²) < 4.78 is 29.8. The molecule has 0 atom stereocenters. The number of sulfonamides is 1. The van der Waals surface area contributed by atoms with Crippen molar-refractivity contribution in [1.29, 1.82) is 0 Å². The minimum absolute atomic E-state index is 0.0649. The molecule has 1 amide bonds. The first kappa shape index (κ1) is 18.0. The highest BCUT2D eigenvalue weighted by molar-refractivity contribution is 7.88. The number of nitrogens with zero attached hydrogens (tertiary/aromatic N) is 5. The van der Waals surface area contributed by atoms with Gasteiger partial charge in [-0.25, -0.2) is 17.7 Å². The molecule has 1 aliphatic rings. The minimum Gasteiger partial charge on any atom is -0.337 e. The average molecular weight is 385 g/mol. The summed E-state index contributed by atoms with van der Waals surface area (Å²) in [6.45, 7) is 1.11.